The van der Waals surface area contributed by atoms with Gasteiger partial charge in [-0.3, -0.25) is 4.79 Å². The Hall–Kier alpha value is -1.88. The van der Waals surface area contributed by atoms with Crippen molar-refractivity contribution in [3.8, 4) is 5.75 Å². The van der Waals surface area contributed by atoms with Gasteiger partial charge in [0.15, 0.2) is 11.6 Å². The van der Waals surface area contributed by atoms with Crippen molar-refractivity contribution in [2.24, 2.45) is 0 Å². The summed E-state index contributed by atoms with van der Waals surface area (Å²) in [6, 6.07) is 4.91. The van der Waals surface area contributed by atoms with Gasteiger partial charge >= 0.3 is 0 Å². The molecule has 4 nitrogen and oxygen atoms in total. The monoisotopic (exact) mass is 332 g/mol. The third-order valence-electron chi connectivity index (χ3n) is 4.82. The summed E-state index contributed by atoms with van der Waals surface area (Å²) >= 11 is 0. The molecular formula is C19H25FN2O2. The van der Waals surface area contributed by atoms with Crippen LogP contribution in [-0.2, 0) is 0 Å². The van der Waals surface area contributed by atoms with Crippen molar-refractivity contribution >= 4 is 6.29 Å². The molecule has 1 aromatic rings. The van der Waals surface area contributed by atoms with E-state index >= 15 is 0 Å². The number of carbonyl (C=O) groups is 1. The number of nitrogens with one attached hydrogen (secondary N) is 1. The van der Waals surface area contributed by atoms with Gasteiger partial charge in [-0.05, 0) is 50.6 Å². The number of carbonyl (C=O) groups excluding carboxylic acids is 1. The molecule has 0 bridgehead atoms. The first kappa shape index (κ1) is 17.0. The number of halogens is 1. The van der Waals surface area contributed by atoms with Gasteiger partial charge in [-0.2, -0.15) is 0 Å². The largest absolute Gasteiger partial charge is 0.481 e. The van der Waals surface area contributed by atoms with Crippen molar-refractivity contribution in [1.29, 1.82) is 0 Å². The molecule has 2 aliphatic heterocycles. The second-order valence-corrected chi connectivity index (χ2v) is 6.41. The van der Waals surface area contributed by atoms with Gasteiger partial charge in [-0.25, -0.2) is 4.39 Å². The van der Waals surface area contributed by atoms with E-state index in [4.69, 9.17) is 4.74 Å². The van der Waals surface area contributed by atoms with Gasteiger partial charge in [-0.1, -0.05) is 13.0 Å². The fourth-order valence-corrected chi connectivity index (χ4v) is 3.65. The summed E-state index contributed by atoms with van der Waals surface area (Å²) in [6.07, 6.45) is 6.80. The van der Waals surface area contributed by atoms with E-state index in [9.17, 15) is 9.18 Å². The number of rotatable bonds is 5. The summed E-state index contributed by atoms with van der Waals surface area (Å²) in [5.41, 5.74) is 1.51. The number of hydrogen-bond donors (Lipinski definition) is 1. The number of piperidine rings is 1. The van der Waals surface area contributed by atoms with E-state index in [0.717, 1.165) is 45.3 Å². The maximum Gasteiger partial charge on any atom is 0.165 e. The Bertz CT molecular complexity index is 611. The molecule has 0 aromatic heterocycles. The molecule has 2 heterocycles. The van der Waals surface area contributed by atoms with Crippen molar-refractivity contribution in [3.05, 3.63) is 41.4 Å². The number of ether oxygens (including phenoxy) is 1. The van der Waals surface area contributed by atoms with Crippen molar-refractivity contribution in [3.63, 3.8) is 0 Å². The van der Waals surface area contributed by atoms with E-state index in [1.54, 1.807) is 12.1 Å². The number of allylic oxidation sites excluding steroid dienone is 1. The van der Waals surface area contributed by atoms with E-state index in [0.29, 0.717) is 17.9 Å². The van der Waals surface area contributed by atoms with Gasteiger partial charge in [0.05, 0.1) is 5.70 Å². The Balaban J connectivity index is 1.75. The molecule has 130 valence electrons. The minimum Gasteiger partial charge on any atom is -0.481 e. The van der Waals surface area contributed by atoms with Crippen LogP contribution in [0, 0.1) is 5.82 Å². The van der Waals surface area contributed by atoms with Gasteiger partial charge in [0.2, 0.25) is 0 Å². The van der Waals surface area contributed by atoms with Gasteiger partial charge in [-0.15, -0.1) is 0 Å². The Labute approximate surface area is 142 Å². The topological polar surface area (TPSA) is 41.6 Å². The molecule has 0 saturated carbocycles. The molecule has 2 saturated heterocycles. The van der Waals surface area contributed by atoms with Gasteiger partial charge in [0.1, 0.15) is 12.4 Å². The molecule has 5 heteroatoms. The zero-order chi connectivity index (χ0) is 16.9. The number of aldehydes is 1. The predicted octanol–water partition coefficient (Wildman–Crippen LogP) is 3.14. The molecule has 1 N–H and O–H groups in total. The maximum absolute atomic E-state index is 14.1. The quantitative estimate of drug-likeness (QED) is 0.841. The number of nitrogens with zero attached hydrogens (tertiary/aromatic N) is 1. The minimum absolute atomic E-state index is 0.114. The molecule has 0 amide bonds. The zero-order valence-electron chi connectivity index (χ0n) is 14.1. The summed E-state index contributed by atoms with van der Waals surface area (Å²) in [5, 5.41) is 3.40. The molecule has 2 aliphatic rings. The molecule has 0 spiro atoms. The highest BCUT2D eigenvalue weighted by Gasteiger charge is 2.34. The Kier molecular flexibility index (Phi) is 5.51. The Morgan fingerprint density at radius 2 is 2.12 bits per heavy atom. The fourth-order valence-electron chi connectivity index (χ4n) is 3.65. The standard InChI is InChI=1S/C19H25FN2O2/c1-2-3-17-19(8-11-22(17)15-6-9-21-10-7-15)24-18-5-4-14(13-23)12-16(18)20/h3-5,12-13,15,19,21H,2,6-11H2,1H3/b17-3+. The average Bonchev–Trinajstić information content (AvgIpc) is 3.00. The highest BCUT2D eigenvalue weighted by atomic mass is 19.1. The third-order valence-corrected chi connectivity index (χ3v) is 4.82. The van der Waals surface area contributed by atoms with Crippen LogP contribution in [0.5, 0.6) is 5.75 Å². The van der Waals surface area contributed by atoms with Crippen LogP contribution in [0.15, 0.2) is 30.0 Å². The van der Waals surface area contributed by atoms with E-state index in [2.05, 4.69) is 23.2 Å². The van der Waals surface area contributed by atoms with Crippen LogP contribution in [0.4, 0.5) is 4.39 Å². The molecule has 2 fully saturated rings. The minimum atomic E-state index is -0.476. The molecule has 24 heavy (non-hydrogen) atoms. The van der Waals surface area contributed by atoms with Gasteiger partial charge in [0.25, 0.3) is 0 Å². The van der Waals surface area contributed by atoms with Crippen molar-refractivity contribution in [1.82, 2.24) is 10.2 Å². The number of hydrogen-bond acceptors (Lipinski definition) is 4. The van der Waals surface area contributed by atoms with Crippen LogP contribution < -0.4 is 10.1 Å². The fraction of sp³-hybridized carbons (Fsp3) is 0.526. The summed E-state index contributed by atoms with van der Waals surface area (Å²) < 4.78 is 20.1. The normalized spacial score (nSPS) is 23.7. The molecule has 1 atom stereocenters. The van der Waals surface area contributed by atoms with Crippen LogP contribution in [0.25, 0.3) is 0 Å². The van der Waals surface area contributed by atoms with Crippen molar-refractivity contribution in [2.75, 3.05) is 19.6 Å². The number of likely N-dealkylation sites (tertiary alicyclic amines) is 1. The highest BCUT2D eigenvalue weighted by molar-refractivity contribution is 5.75. The van der Waals surface area contributed by atoms with E-state index in [-0.39, 0.29) is 11.9 Å². The van der Waals surface area contributed by atoms with Crippen LogP contribution in [0.3, 0.4) is 0 Å². The van der Waals surface area contributed by atoms with E-state index in [1.165, 1.54) is 11.8 Å². The predicted molar refractivity (Wildman–Crippen MR) is 91.8 cm³/mol. The first-order valence-electron chi connectivity index (χ1n) is 8.81. The van der Waals surface area contributed by atoms with E-state index in [1.807, 2.05) is 0 Å². The second kappa shape index (κ2) is 7.79. The summed E-state index contributed by atoms with van der Waals surface area (Å²) in [4.78, 5) is 13.2. The summed E-state index contributed by atoms with van der Waals surface area (Å²) in [5.74, 6) is -0.254. The molecule has 1 aromatic carbocycles. The lowest BCUT2D eigenvalue weighted by Crippen LogP contribution is -2.41. The Morgan fingerprint density at radius 1 is 1.33 bits per heavy atom. The zero-order valence-corrected chi connectivity index (χ0v) is 14.1. The summed E-state index contributed by atoms with van der Waals surface area (Å²) in [7, 11) is 0. The van der Waals surface area contributed by atoms with E-state index < -0.39 is 5.82 Å². The smallest absolute Gasteiger partial charge is 0.165 e. The van der Waals surface area contributed by atoms with Crippen molar-refractivity contribution < 1.29 is 13.9 Å². The summed E-state index contributed by atoms with van der Waals surface area (Å²) in [6.45, 7) is 5.17. The van der Waals surface area contributed by atoms with Crippen LogP contribution in [0.2, 0.25) is 0 Å². The van der Waals surface area contributed by atoms with Gasteiger partial charge < -0.3 is 15.0 Å². The first-order valence-corrected chi connectivity index (χ1v) is 8.81. The first-order chi connectivity index (χ1) is 11.7. The molecule has 3 rings (SSSR count). The maximum atomic E-state index is 14.1. The van der Waals surface area contributed by atoms with Crippen LogP contribution >= 0.6 is 0 Å². The van der Waals surface area contributed by atoms with Gasteiger partial charge in [0, 0.05) is 24.6 Å². The Morgan fingerprint density at radius 3 is 2.79 bits per heavy atom. The lowest BCUT2D eigenvalue weighted by molar-refractivity contribution is 0.112. The van der Waals surface area contributed by atoms with Crippen molar-refractivity contribution in [2.45, 2.75) is 44.8 Å². The lowest BCUT2D eigenvalue weighted by Gasteiger charge is -2.34. The average molecular weight is 332 g/mol. The molecule has 0 aliphatic carbocycles. The number of benzene rings is 1. The molecule has 0 radical (unpaired) electrons. The SMILES string of the molecule is CC/C=C1\C(Oc2ccc(C=O)cc2F)CCN1C1CCNCC1. The second-order valence-electron chi connectivity index (χ2n) is 6.41. The lowest BCUT2D eigenvalue weighted by atomic mass is 10.0. The molecular weight excluding hydrogens is 307 g/mol. The molecule has 1 unspecified atom stereocenters. The highest BCUT2D eigenvalue weighted by Crippen LogP contribution is 2.32. The van der Waals surface area contributed by atoms with Crippen LogP contribution in [0.1, 0.15) is 43.0 Å². The van der Waals surface area contributed by atoms with Crippen LogP contribution in [-0.4, -0.2) is 43.0 Å². The third kappa shape index (κ3) is 3.61.